The van der Waals surface area contributed by atoms with Crippen molar-refractivity contribution < 1.29 is 18.7 Å². The number of halogens is 1. The van der Waals surface area contributed by atoms with Gasteiger partial charge >= 0.3 is 0 Å². The summed E-state index contributed by atoms with van der Waals surface area (Å²) in [5.74, 6) is 0.00592. The number of carbonyl (C=O) groups is 2. The predicted octanol–water partition coefficient (Wildman–Crippen LogP) is 4.29. The van der Waals surface area contributed by atoms with Crippen molar-refractivity contribution in [3.05, 3.63) is 65.5 Å². The number of ether oxygens (including phenoxy) is 1. The fourth-order valence-corrected chi connectivity index (χ4v) is 5.40. The van der Waals surface area contributed by atoms with Crippen LogP contribution in [0.1, 0.15) is 57.1 Å². The summed E-state index contributed by atoms with van der Waals surface area (Å²) in [7, 11) is 1.50. The third-order valence-electron chi connectivity index (χ3n) is 7.68. The maximum atomic E-state index is 14.6. The number of carbonyl (C=O) groups excluding carboxylic acids is 2. The Bertz CT molecular complexity index is 1040. The molecule has 176 valence electrons. The minimum atomic E-state index is -0.611. The number of nitrogens with one attached hydrogen (secondary N) is 2. The molecule has 6 heteroatoms. The van der Waals surface area contributed by atoms with Crippen molar-refractivity contribution in [1.29, 1.82) is 0 Å². The molecule has 33 heavy (non-hydrogen) atoms. The van der Waals surface area contributed by atoms with Gasteiger partial charge in [0.15, 0.2) is 0 Å². The van der Waals surface area contributed by atoms with E-state index in [4.69, 9.17) is 4.74 Å². The van der Waals surface area contributed by atoms with Crippen molar-refractivity contribution in [3.63, 3.8) is 0 Å². The Morgan fingerprint density at radius 2 is 1.91 bits per heavy atom. The quantitative estimate of drug-likeness (QED) is 0.597. The van der Waals surface area contributed by atoms with Crippen LogP contribution >= 0.6 is 0 Å². The van der Waals surface area contributed by atoms with Crippen LogP contribution < -0.4 is 15.4 Å². The van der Waals surface area contributed by atoms with Crippen LogP contribution in [0.15, 0.2) is 48.5 Å². The van der Waals surface area contributed by atoms with Gasteiger partial charge in [-0.2, -0.15) is 0 Å². The highest BCUT2D eigenvalue weighted by atomic mass is 19.1. The molecule has 0 unspecified atom stereocenters. The molecular formula is C27H33FN2O3. The molecule has 2 N–H and O–H groups in total. The van der Waals surface area contributed by atoms with Crippen LogP contribution in [-0.4, -0.2) is 31.0 Å². The van der Waals surface area contributed by atoms with Crippen molar-refractivity contribution in [2.45, 2.75) is 63.3 Å². The molecule has 0 spiro atoms. The topological polar surface area (TPSA) is 67.4 Å². The average Bonchev–Trinajstić information content (AvgIpc) is 3.18. The second-order valence-electron chi connectivity index (χ2n) is 10.2. The van der Waals surface area contributed by atoms with Gasteiger partial charge in [-0.25, -0.2) is 4.39 Å². The Morgan fingerprint density at radius 1 is 1.18 bits per heavy atom. The molecule has 2 aliphatic rings. The van der Waals surface area contributed by atoms with Gasteiger partial charge in [-0.05, 0) is 48.3 Å². The molecule has 1 saturated carbocycles. The van der Waals surface area contributed by atoms with Crippen LogP contribution in [0.2, 0.25) is 0 Å². The lowest BCUT2D eigenvalue weighted by Crippen LogP contribution is -2.45. The highest BCUT2D eigenvalue weighted by molar-refractivity contribution is 5.80. The first-order valence-electron chi connectivity index (χ1n) is 11.6. The van der Waals surface area contributed by atoms with Gasteiger partial charge in [0, 0.05) is 36.4 Å². The third kappa shape index (κ3) is 4.75. The molecule has 5 nitrogen and oxygen atoms in total. The molecule has 2 atom stereocenters. The van der Waals surface area contributed by atoms with Crippen molar-refractivity contribution in [3.8, 4) is 5.75 Å². The summed E-state index contributed by atoms with van der Waals surface area (Å²) in [6, 6.07) is 15.1. The van der Waals surface area contributed by atoms with Crippen LogP contribution in [-0.2, 0) is 21.4 Å². The molecule has 2 fully saturated rings. The van der Waals surface area contributed by atoms with Gasteiger partial charge < -0.3 is 15.4 Å². The summed E-state index contributed by atoms with van der Waals surface area (Å²) in [4.78, 5) is 24.9. The van der Waals surface area contributed by atoms with Crippen LogP contribution in [0.3, 0.4) is 0 Å². The maximum Gasteiger partial charge on any atom is 0.220 e. The van der Waals surface area contributed by atoms with Crippen molar-refractivity contribution in [2.24, 2.45) is 5.41 Å². The normalized spacial score (nSPS) is 25.4. The van der Waals surface area contributed by atoms with Gasteiger partial charge in [0.1, 0.15) is 11.6 Å². The third-order valence-corrected chi connectivity index (χ3v) is 7.68. The summed E-state index contributed by atoms with van der Waals surface area (Å²) < 4.78 is 19.7. The molecule has 2 amide bonds. The second kappa shape index (κ2) is 8.81. The van der Waals surface area contributed by atoms with E-state index in [0.717, 1.165) is 6.42 Å². The summed E-state index contributed by atoms with van der Waals surface area (Å²) in [5, 5.41) is 6.17. The molecule has 2 aromatic rings. The van der Waals surface area contributed by atoms with Crippen molar-refractivity contribution >= 4 is 11.8 Å². The van der Waals surface area contributed by atoms with Gasteiger partial charge in [0.25, 0.3) is 0 Å². The summed E-state index contributed by atoms with van der Waals surface area (Å²) in [6.45, 7) is 5.06. The smallest absolute Gasteiger partial charge is 0.220 e. The Labute approximate surface area is 195 Å². The fraction of sp³-hybridized carbons (Fsp3) is 0.481. The molecule has 1 aliphatic heterocycles. The van der Waals surface area contributed by atoms with Gasteiger partial charge in [-0.3, -0.25) is 9.59 Å². The highest BCUT2D eigenvalue weighted by Crippen LogP contribution is 2.63. The van der Waals surface area contributed by atoms with E-state index in [9.17, 15) is 14.0 Å². The molecule has 0 aromatic heterocycles. The van der Waals surface area contributed by atoms with E-state index >= 15 is 0 Å². The number of hydrogen-bond donors (Lipinski definition) is 2. The monoisotopic (exact) mass is 452 g/mol. The minimum absolute atomic E-state index is 0.0382. The standard InChI is InChI=1S/C27H33FN2O3/c1-25(2)17-27(25,20-7-5-4-6-8-20)18-29-23(31)11-13-26(14-12-24(32)30-26)16-19-9-10-21(33-3)15-22(19)28/h4-10,15H,11-14,16-18H2,1-3H3,(H,29,31)(H,30,32)/t26-,27-/m1/s1. The van der Waals surface area contributed by atoms with E-state index in [0.29, 0.717) is 43.5 Å². The van der Waals surface area contributed by atoms with E-state index in [1.165, 1.54) is 18.7 Å². The van der Waals surface area contributed by atoms with Gasteiger partial charge in [0.05, 0.1) is 7.11 Å². The van der Waals surface area contributed by atoms with Gasteiger partial charge in [0.2, 0.25) is 11.8 Å². The fourth-order valence-electron chi connectivity index (χ4n) is 5.40. The van der Waals surface area contributed by atoms with Crippen LogP contribution in [0.5, 0.6) is 5.75 Å². The Hall–Kier alpha value is -2.89. The number of rotatable bonds is 9. The molecule has 4 rings (SSSR count). The van der Waals surface area contributed by atoms with E-state index in [-0.39, 0.29) is 34.9 Å². The SMILES string of the molecule is COc1ccc(C[C@@]2(CCC(=O)NC[C@@]3(c4ccccc4)CC3(C)C)CCC(=O)N2)c(F)c1. The minimum Gasteiger partial charge on any atom is -0.497 e. The first-order valence-corrected chi connectivity index (χ1v) is 11.6. The Balaban J connectivity index is 1.39. The number of hydrogen-bond acceptors (Lipinski definition) is 3. The number of amides is 2. The molecule has 1 saturated heterocycles. The van der Waals surface area contributed by atoms with E-state index in [2.05, 4.69) is 36.6 Å². The van der Waals surface area contributed by atoms with Crippen LogP contribution in [0.4, 0.5) is 4.39 Å². The lowest BCUT2D eigenvalue weighted by atomic mass is 9.84. The zero-order valence-electron chi connectivity index (χ0n) is 19.7. The molecule has 1 heterocycles. The zero-order chi connectivity index (χ0) is 23.7. The van der Waals surface area contributed by atoms with Gasteiger partial charge in [-0.1, -0.05) is 50.2 Å². The van der Waals surface area contributed by atoms with E-state index < -0.39 is 5.54 Å². The highest BCUT2D eigenvalue weighted by Gasteiger charge is 2.61. The van der Waals surface area contributed by atoms with E-state index in [1.54, 1.807) is 12.1 Å². The Kier molecular flexibility index (Phi) is 6.21. The molecule has 1 aliphatic carbocycles. The lowest BCUT2D eigenvalue weighted by Gasteiger charge is -2.30. The molecule has 0 bridgehead atoms. The number of methoxy groups -OCH3 is 1. The summed E-state index contributed by atoms with van der Waals surface area (Å²) in [5.41, 5.74) is 1.25. The molecular weight excluding hydrogens is 419 g/mol. The van der Waals surface area contributed by atoms with Gasteiger partial charge in [-0.15, -0.1) is 0 Å². The van der Waals surface area contributed by atoms with E-state index in [1.807, 2.05) is 18.2 Å². The van der Waals surface area contributed by atoms with Crippen LogP contribution in [0, 0.1) is 11.2 Å². The predicted molar refractivity (Wildman–Crippen MR) is 126 cm³/mol. The molecule has 0 radical (unpaired) electrons. The summed E-state index contributed by atoms with van der Waals surface area (Å²) >= 11 is 0. The largest absolute Gasteiger partial charge is 0.497 e. The zero-order valence-corrected chi connectivity index (χ0v) is 19.7. The lowest BCUT2D eigenvalue weighted by molar-refractivity contribution is -0.122. The number of benzene rings is 2. The first-order chi connectivity index (χ1) is 15.7. The Morgan fingerprint density at radius 3 is 2.48 bits per heavy atom. The molecule has 2 aromatic carbocycles. The maximum absolute atomic E-state index is 14.6. The van der Waals surface area contributed by atoms with Crippen LogP contribution in [0.25, 0.3) is 0 Å². The summed E-state index contributed by atoms with van der Waals surface area (Å²) in [6.07, 6.45) is 3.11. The van der Waals surface area contributed by atoms with Crippen molar-refractivity contribution in [2.75, 3.05) is 13.7 Å². The first kappa shape index (κ1) is 23.3. The second-order valence-corrected chi connectivity index (χ2v) is 10.2. The van der Waals surface area contributed by atoms with Crippen molar-refractivity contribution in [1.82, 2.24) is 10.6 Å². The average molecular weight is 453 g/mol.